The maximum absolute atomic E-state index is 2.52. The van der Waals surface area contributed by atoms with Crippen LogP contribution in [0.1, 0.15) is 97.8 Å². The van der Waals surface area contributed by atoms with Crippen LogP contribution in [0.4, 0.5) is 0 Å². The molecule has 0 spiro atoms. The Balaban J connectivity index is 2.89. The molecule has 0 saturated carbocycles. The number of hydrogen-bond donors (Lipinski definition) is 0. The number of rotatable bonds is 13. The van der Waals surface area contributed by atoms with Gasteiger partial charge < -0.3 is 0 Å². The largest absolute Gasteiger partial charge is 0.0654 e. The van der Waals surface area contributed by atoms with Crippen molar-refractivity contribution in [3.63, 3.8) is 0 Å². The van der Waals surface area contributed by atoms with E-state index >= 15 is 0 Å². The Labute approximate surface area is 111 Å². The molecule has 0 unspecified atom stereocenters. The summed E-state index contributed by atoms with van der Waals surface area (Å²) in [5, 5.41) is 0. The summed E-state index contributed by atoms with van der Waals surface area (Å²) in [5.74, 6) is 0.891. The average molecular weight is 239 g/mol. The van der Waals surface area contributed by atoms with Crippen LogP contribution in [0.3, 0.4) is 0 Å². The molecule has 0 aromatic rings. The molecule has 0 aliphatic carbocycles. The first-order valence-electron chi connectivity index (χ1n) is 8.09. The van der Waals surface area contributed by atoms with Crippen molar-refractivity contribution < 1.29 is 0 Å². The van der Waals surface area contributed by atoms with E-state index in [0.29, 0.717) is 0 Å². The highest BCUT2D eigenvalue weighted by atomic mass is 14.0. The lowest BCUT2D eigenvalue weighted by Crippen LogP contribution is -1.87. The summed E-state index contributed by atoms with van der Waals surface area (Å²) in [5.41, 5.74) is 0. The molecule has 1 radical (unpaired) electrons. The van der Waals surface area contributed by atoms with Gasteiger partial charge in [-0.15, -0.1) is 0 Å². The van der Waals surface area contributed by atoms with Gasteiger partial charge >= 0.3 is 0 Å². The molecule has 0 aromatic heterocycles. The molecule has 0 rings (SSSR count). The third kappa shape index (κ3) is 16.0. The van der Waals surface area contributed by atoms with E-state index in [0.717, 1.165) is 5.92 Å². The number of unbranched alkanes of at least 4 members (excludes halogenated alkanes) is 11. The molecule has 0 amide bonds. The normalized spacial score (nSPS) is 11.3. The third-order valence-electron chi connectivity index (χ3n) is 3.45. The van der Waals surface area contributed by atoms with Crippen molar-refractivity contribution in [3.05, 3.63) is 6.42 Å². The lowest BCUT2D eigenvalue weighted by molar-refractivity contribution is 0.523. The van der Waals surface area contributed by atoms with Gasteiger partial charge in [-0.2, -0.15) is 0 Å². The molecule has 0 heterocycles. The maximum atomic E-state index is 2.52. The standard InChI is InChI=1S/C17H35/c1-4-5-6-7-8-9-10-11-12-13-14-15-16-17(2)3/h11,17H,4-10,12-16H2,1-3H3. The van der Waals surface area contributed by atoms with Gasteiger partial charge in [0.2, 0.25) is 0 Å². The van der Waals surface area contributed by atoms with Gasteiger partial charge in [0.15, 0.2) is 0 Å². The van der Waals surface area contributed by atoms with Crippen LogP contribution in [-0.2, 0) is 0 Å². The van der Waals surface area contributed by atoms with Gasteiger partial charge in [-0.1, -0.05) is 97.8 Å². The third-order valence-corrected chi connectivity index (χ3v) is 3.45. The molecular formula is C17H35. The monoisotopic (exact) mass is 239 g/mol. The Hall–Kier alpha value is 0. The number of hydrogen-bond acceptors (Lipinski definition) is 0. The first kappa shape index (κ1) is 17.0. The first-order chi connectivity index (χ1) is 8.27. The van der Waals surface area contributed by atoms with Crippen molar-refractivity contribution in [2.45, 2.75) is 97.8 Å². The van der Waals surface area contributed by atoms with Crippen molar-refractivity contribution in [3.8, 4) is 0 Å². The first-order valence-corrected chi connectivity index (χ1v) is 8.09. The predicted molar refractivity (Wildman–Crippen MR) is 80.2 cm³/mol. The van der Waals surface area contributed by atoms with Crippen LogP contribution in [0.25, 0.3) is 0 Å². The molecule has 0 atom stereocenters. The highest BCUT2D eigenvalue weighted by Gasteiger charge is 1.95. The van der Waals surface area contributed by atoms with E-state index in [4.69, 9.17) is 0 Å². The lowest BCUT2D eigenvalue weighted by Gasteiger charge is -2.04. The fourth-order valence-corrected chi connectivity index (χ4v) is 2.23. The molecule has 103 valence electrons. The van der Waals surface area contributed by atoms with Crippen molar-refractivity contribution in [1.29, 1.82) is 0 Å². The van der Waals surface area contributed by atoms with Crippen LogP contribution >= 0.6 is 0 Å². The van der Waals surface area contributed by atoms with Crippen LogP contribution < -0.4 is 0 Å². The molecular weight excluding hydrogens is 204 g/mol. The molecule has 0 nitrogen and oxygen atoms in total. The van der Waals surface area contributed by atoms with E-state index in [1.165, 1.54) is 77.0 Å². The Morgan fingerprint density at radius 1 is 0.706 bits per heavy atom. The van der Waals surface area contributed by atoms with Gasteiger partial charge in [-0.25, -0.2) is 0 Å². The minimum atomic E-state index is 0.891. The Morgan fingerprint density at radius 3 is 1.82 bits per heavy atom. The lowest BCUT2D eigenvalue weighted by atomic mass is 10.0. The highest BCUT2D eigenvalue weighted by molar-refractivity contribution is 4.64. The van der Waals surface area contributed by atoms with Gasteiger partial charge in [0, 0.05) is 0 Å². The summed E-state index contributed by atoms with van der Waals surface area (Å²) in [4.78, 5) is 0. The van der Waals surface area contributed by atoms with Gasteiger partial charge in [0.05, 0.1) is 0 Å². The van der Waals surface area contributed by atoms with Gasteiger partial charge in [-0.3, -0.25) is 0 Å². The van der Waals surface area contributed by atoms with E-state index in [1.54, 1.807) is 0 Å². The zero-order valence-electron chi connectivity index (χ0n) is 12.6. The predicted octanol–water partition coefficient (Wildman–Crippen LogP) is 6.55. The van der Waals surface area contributed by atoms with Crippen LogP contribution in [0, 0.1) is 12.3 Å². The van der Waals surface area contributed by atoms with Gasteiger partial charge in [-0.05, 0) is 12.3 Å². The summed E-state index contributed by atoms with van der Waals surface area (Å²) in [6, 6.07) is 0. The molecule has 17 heavy (non-hydrogen) atoms. The molecule has 0 heteroatoms. The van der Waals surface area contributed by atoms with E-state index in [1.807, 2.05) is 0 Å². The second-order valence-electron chi connectivity index (χ2n) is 5.88. The van der Waals surface area contributed by atoms with Crippen LogP contribution in [0.5, 0.6) is 0 Å². The zero-order chi connectivity index (χ0) is 12.8. The smallest absolute Gasteiger partial charge is 0.0386 e. The highest BCUT2D eigenvalue weighted by Crippen LogP contribution is 2.13. The fraction of sp³-hybridized carbons (Fsp3) is 0.941. The molecule has 0 fully saturated rings. The van der Waals surface area contributed by atoms with E-state index in [2.05, 4.69) is 27.2 Å². The summed E-state index contributed by atoms with van der Waals surface area (Å²) in [6.45, 7) is 6.93. The summed E-state index contributed by atoms with van der Waals surface area (Å²) < 4.78 is 0. The van der Waals surface area contributed by atoms with Crippen LogP contribution in [0.2, 0.25) is 0 Å². The average Bonchev–Trinajstić information content (AvgIpc) is 2.30. The van der Waals surface area contributed by atoms with Crippen LogP contribution in [0.15, 0.2) is 0 Å². The zero-order valence-corrected chi connectivity index (χ0v) is 12.6. The SMILES string of the molecule is CCCCCCCC[CH]CCCCCC(C)C. The van der Waals surface area contributed by atoms with Crippen molar-refractivity contribution in [1.82, 2.24) is 0 Å². The van der Waals surface area contributed by atoms with Crippen molar-refractivity contribution >= 4 is 0 Å². The minimum absolute atomic E-state index is 0.891. The molecule has 0 saturated heterocycles. The van der Waals surface area contributed by atoms with Gasteiger partial charge in [0.25, 0.3) is 0 Å². The molecule has 0 bridgehead atoms. The van der Waals surface area contributed by atoms with E-state index in [-0.39, 0.29) is 0 Å². The summed E-state index contributed by atoms with van der Waals surface area (Å²) >= 11 is 0. The molecule has 0 aromatic carbocycles. The quantitative estimate of drug-likeness (QED) is 0.320. The fourth-order valence-electron chi connectivity index (χ4n) is 2.23. The topological polar surface area (TPSA) is 0 Å². The maximum Gasteiger partial charge on any atom is -0.0386 e. The molecule has 0 N–H and O–H groups in total. The second kappa shape index (κ2) is 14.1. The molecule has 0 aliphatic rings. The van der Waals surface area contributed by atoms with E-state index in [9.17, 15) is 0 Å². The second-order valence-corrected chi connectivity index (χ2v) is 5.88. The van der Waals surface area contributed by atoms with Crippen molar-refractivity contribution in [2.75, 3.05) is 0 Å². The molecule has 0 aliphatic heterocycles. The van der Waals surface area contributed by atoms with Crippen LogP contribution in [-0.4, -0.2) is 0 Å². The Kier molecular flexibility index (Phi) is 14.1. The van der Waals surface area contributed by atoms with Gasteiger partial charge in [0.1, 0.15) is 0 Å². The minimum Gasteiger partial charge on any atom is -0.0654 e. The van der Waals surface area contributed by atoms with E-state index < -0.39 is 0 Å². The Morgan fingerprint density at radius 2 is 1.24 bits per heavy atom. The van der Waals surface area contributed by atoms with Crippen molar-refractivity contribution in [2.24, 2.45) is 5.92 Å². The summed E-state index contributed by atoms with van der Waals surface area (Å²) in [7, 11) is 0. The Bertz CT molecular complexity index is 126. The summed E-state index contributed by atoms with van der Waals surface area (Å²) in [6.07, 6.45) is 19.5.